The summed E-state index contributed by atoms with van der Waals surface area (Å²) >= 11 is 1.01. The van der Waals surface area contributed by atoms with Crippen LogP contribution in [-0.2, 0) is 0 Å². The van der Waals surface area contributed by atoms with Gasteiger partial charge in [-0.1, -0.05) is 11.3 Å². The summed E-state index contributed by atoms with van der Waals surface area (Å²) in [7, 11) is 0. The summed E-state index contributed by atoms with van der Waals surface area (Å²) < 4.78 is 0. The van der Waals surface area contributed by atoms with Crippen molar-refractivity contribution in [3.8, 4) is 0 Å². The lowest BCUT2D eigenvalue weighted by Gasteiger charge is -2.27. The predicted octanol–water partition coefficient (Wildman–Crippen LogP) is 1.48. The second kappa shape index (κ2) is 4.57. The summed E-state index contributed by atoms with van der Waals surface area (Å²) in [6.07, 6.45) is 1.01. The zero-order chi connectivity index (χ0) is 13.6. The van der Waals surface area contributed by atoms with Crippen LogP contribution in [0.3, 0.4) is 0 Å². The molecule has 2 aliphatic heterocycles. The van der Waals surface area contributed by atoms with E-state index in [-0.39, 0.29) is 23.0 Å². The van der Waals surface area contributed by atoms with E-state index >= 15 is 0 Å². The van der Waals surface area contributed by atoms with Crippen LogP contribution in [0.1, 0.15) is 23.7 Å². The molecule has 3 unspecified atom stereocenters. The molecule has 6 nitrogen and oxygen atoms in total. The van der Waals surface area contributed by atoms with Crippen molar-refractivity contribution in [2.24, 2.45) is 5.92 Å². The first-order chi connectivity index (χ1) is 9.08. The smallest absolute Gasteiger partial charge is 0.324 e. The van der Waals surface area contributed by atoms with Crippen molar-refractivity contribution in [1.29, 1.82) is 0 Å². The number of thiophene rings is 1. The SMILES string of the molecule is CC1CC2CNCC2N1C(=O)c1csc([N+](=O)[O-])c1. The number of fused-ring (bicyclic) bond motifs is 1. The fraction of sp³-hybridized carbons (Fsp3) is 0.583. The molecule has 0 saturated carbocycles. The molecule has 102 valence electrons. The number of hydrogen-bond donors (Lipinski definition) is 1. The molecule has 0 aliphatic carbocycles. The second-order valence-electron chi connectivity index (χ2n) is 5.21. The van der Waals surface area contributed by atoms with E-state index in [2.05, 4.69) is 12.2 Å². The Morgan fingerprint density at radius 2 is 2.37 bits per heavy atom. The maximum atomic E-state index is 12.5. The van der Waals surface area contributed by atoms with Gasteiger partial charge < -0.3 is 10.2 Å². The highest BCUT2D eigenvalue weighted by Gasteiger charge is 2.44. The van der Waals surface area contributed by atoms with Crippen molar-refractivity contribution in [2.45, 2.75) is 25.4 Å². The highest BCUT2D eigenvalue weighted by atomic mass is 32.1. The number of rotatable bonds is 2. The molecule has 19 heavy (non-hydrogen) atoms. The lowest BCUT2D eigenvalue weighted by molar-refractivity contribution is -0.380. The third-order valence-electron chi connectivity index (χ3n) is 4.03. The molecule has 0 spiro atoms. The van der Waals surface area contributed by atoms with E-state index in [0.29, 0.717) is 11.5 Å². The zero-order valence-electron chi connectivity index (χ0n) is 10.5. The van der Waals surface area contributed by atoms with Crippen molar-refractivity contribution in [3.63, 3.8) is 0 Å². The first kappa shape index (κ1) is 12.6. The van der Waals surface area contributed by atoms with Gasteiger partial charge in [-0.3, -0.25) is 14.9 Å². The molecule has 2 fully saturated rings. The van der Waals surface area contributed by atoms with E-state index in [1.807, 2.05) is 4.90 Å². The number of nitrogens with one attached hydrogen (secondary N) is 1. The van der Waals surface area contributed by atoms with Crippen molar-refractivity contribution in [1.82, 2.24) is 10.2 Å². The van der Waals surface area contributed by atoms with Crippen molar-refractivity contribution in [2.75, 3.05) is 13.1 Å². The lowest BCUT2D eigenvalue weighted by Crippen LogP contribution is -2.42. The summed E-state index contributed by atoms with van der Waals surface area (Å²) in [6, 6.07) is 1.83. The van der Waals surface area contributed by atoms with Crippen LogP contribution in [0, 0.1) is 16.0 Å². The van der Waals surface area contributed by atoms with Crippen LogP contribution in [0.15, 0.2) is 11.4 Å². The Hall–Kier alpha value is -1.47. The van der Waals surface area contributed by atoms with E-state index < -0.39 is 4.92 Å². The summed E-state index contributed by atoms with van der Waals surface area (Å²) in [5.74, 6) is 0.445. The zero-order valence-corrected chi connectivity index (χ0v) is 11.4. The molecule has 0 radical (unpaired) electrons. The Kier molecular flexibility index (Phi) is 3.02. The summed E-state index contributed by atoms with van der Waals surface area (Å²) in [5, 5.41) is 15.6. The molecule has 0 aromatic carbocycles. The lowest BCUT2D eigenvalue weighted by atomic mass is 10.0. The van der Waals surface area contributed by atoms with Crippen molar-refractivity contribution >= 4 is 22.2 Å². The molecule has 1 aromatic rings. The summed E-state index contributed by atoms with van der Waals surface area (Å²) in [6.45, 7) is 3.84. The van der Waals surface area contributed by atoms with Gasteiger partial charge in [0.25, 0.3) is 5.91 Å². The van der Waals surface area contributed by atoms with Crippen molar-refractivity contribution in [3.05, 3.63) is 27.1 Å². The quantitative estimate of drug-likeness (QED) is 0.658. The Labute approximate surface area is 114 Å². The molecule has 2 saturated heterocycles. The van der Waals surface area contributed by atoms with Crippen molar-refractivity contribution < 1.29 is 9.72 Å². The molecule has 2 aliphatic rings. The Morgan fingerprint density at radius 1 is 1.58 bits per heavy atom. The monoisotopic (exact) mass is 281 g/mol. The van der Waals surface area contributed by atoms with Gasteiger partial charge in [-0.2, -0.15) is 0 Å². The topological polar surface area (TPSA) is 75.5 Å². The first-order valence-corrected chi connectivity index (χ1v) is 7.22. The number of likely N-dealkylation sites (tertiary alicyclic amines) is 1. The van der Waals surface area contributed by atoms with E-state index in [1.54, 1.807) is 5.38 Å². The number of carbonyl (C=O) groups is 1. The minimum Gasteiger partial charge on any atom is -0.331 e. The fourth-order valence-corrected chi connectivity index (χ4v) is 3.89. The van der Waals surface area contributed by atoms with E-state index in [0.717, 1.165) is 30.8 Å². The number of nitrogens with zero attached hydrogens (tertiary/aromatic N) is 2. The molecule has 3 heterocycles. The Balaban J connectivity index is 1.84. The van der Waals surface area contributed by atoms with Gasteiger partial charge in [0.1, 0.15) is 0 Å². The number of nitro groups is 1. The molecule has 3 rings (SSSR count). The highest BCUT2D eigenvalue weighted by molar-refractivity contribution is 7.13. The van der Waals surface area contributed by atoms with Gasteiger partial charge in [0.15, 0.2) is 0 Å². The van der Waals surface area contributed by atoms with Gasteiger partial charge in [0.2, 0.25) is 0 Å². The molecule has 0 bridgehead atoms. The molecule has 1 aromatic heterocycles. The third kappa shape index (κ3) is 2.02. The van der Waals surface area contributed by atoms with Gasteiger partial charge in [-0.05, 0) is 19.3 Å². The average Bonchev–Trinajstić information content (AvgIpc) is 3.01. The van der Waals surface area contributed by atoms with Crippen LogP contribution in [-0.4, -0.2) is 40.9 Å². The predicted molar refractivity (Wildman–Crippen MR) is 71.4 cm³/mol. The standard InChI is InChI=1S/C12H15N3O3S/c1-7-2-8-4-13-5-10(8)14(7)12(16)9-3-11(15(17)18)19-6-9/h3,6-8,10,13H,2,4-5H2,1H3. The number of carbonyl (C=O) groups excluding carboxylic acids is 1. The van der Waals surface area contributed by atoms with Crippen LogP contribution < -0.4 is 5.32 Å². The molecule has 3 atom stereocenters. The summed E-state index contributed by atoms with van der Waals surface area (Å²) in [5.41, 5.74) is 0.441. The molecular formula is C12H15N3O3S. The van der Waals surface area contributed by atoms with Gasteiger partial charge in [-0.25, -0.2) is 0 Å². The van der Waals surface area contributed by atoms with E-state index in [1.165, 1.54) is 6.07 Å². The normalized spacial score (nSPS) is 29.5. The van der Waals surface area contributed by atoms with Crippen LogP contribution in [0.4, 0.5) is 5.00 Å². The Bertz CT molecular complexity index is 530. The Morgan fingerprint density at radius 3 is 3.05 bits per heavy atom. The third-order valence-corrected chi connectivity index (χ3v) is 4.91. The molecular weight excluding hydrogens is 266 g/mol. The van der Waals surface area contributed by atoms with Crippen LogP contribution >= 0.6 is 11.3 Å². The molecule has 7 heteroatoms. The number of amides is 1. The van der Waals surface area contributed by atoms with Gasteiger partial charge in [0.05, 0.1) is 10.5 Å². The van der Waals surface area contributed by atoms with E-state index in [9.17, 15) is 14.9 Å². The minimum atomic E-state index is -0.450. The minimum absolute atomic E-state index is 0.0243. The number of hydrogen-bond acceptors (Lipinski definition) is 5. The summed E-state index contributed by atoms with van der Waals surface area (Å²) in [4.78, 5) is 24.7. The molecule has 1 N–H and O–H groups in total. The second-order valence-corrected chi connectivity index (χ2v) is 6.10. The average molecular weight is 281 g/mol. The van der Waals surface area contributed by atoms with Crippen LogP contribution in [0.5, 0.6) is 0 Å². The first-order valence-electron chi connectivity index (χ1n) is 6.34. The van der Waals surface area contributed by atoms with Gasteiger partial charge in [-0.15, -0.1) is 0 Å². The van der Waals surface area contributed by atoms with Gasteiger partial charge in [0, 0.05) is 36.6 Å². The fourth-order valence-electron chi connectivity index (χ4n) is 3.20. The van der Waals surface area contributed by atoms with Crippen LogP contribution in [0.25, 0.3) is 0 Å². The maximum Gasteiger partial charge on any atom is 0.324 e. The van der Waals surface area contributed by atoms with E-state index in [4.69, 9.17) is 0 Å². The largest absolute Gasteiger partial charge is 0.331 e. The highest BCUT2D eigenvalue weighted by Crippen LogP contribution is 2.34. The maximum absolute atomic E-state index is 12.5. The van der Waals surface area contributed by atoms with Gasteiger partial charge >= 0.3 is 5.00 Å². The van der Waals surface area contributed by atoms with Crippen LogP contribution in [0.2, 0.25) is 0 Å². The molecule has 1 amide bonds.